The minimum atomic E-state index is 0.0544. The van der Waals surface area contributed by atoms with Crippen LogP contribution < -0.4 is 10.6 Å². The monoisotopic (exact) mass is 365 g/mol. The van der Waals surface area contributed by atoms with Gasteiger partial charge in [0.15, 0.2) is 5.13 Å². The van der Waals surface area contributed by atoms with Gasteiger partial charge in [0.1, 0.15) is 0 Å². The molecule has 1 aromatic heterocycles. The van der Waals surface area contributed by atoms with Gasteiger partial charge in [-0.25, -0.2) is 4.98 Å². The van der Waals surface area contributed by atoms with Crippen LogP contribution in [0.15, 0.2) is 34.1 Å². The minimum Gasteiger partial charge on any atom is -0.316 e. The number of hydrogen-bond acceptors (Lipinski definition) is 4. The zero-order valence-corrected chi connectivity index (χ0v) is 13.8. The summed E-state index contributed by atoms with van der Waals surface area (Å²) in [5.74, 6) is 0.123. The van der Waals surface area contributed by atoms with Crippen molar-refractivity contribution in [3.05, 3.63) is 34.1 Å². The maximum atomic E-state index is 12.2. The van der Waals surface area contributed by atoms with Crippen molar-refractivity contribution in [3.8, 4) is 11.3 Å². The van der Waals surface area contributed by atoms with E-state index < -0.39 is 0 Å². The predicted molar refractivity (Wildman–Crippen MR) is 89.5 cm³/mol. The van der Waals surface area contributed by atoms with Crippen molar-refractivity contribution in [2.24, 2.45) is 5.92 Å². The van der Waals surface area contributed by atoms with Crippen molar-refractivity contribution < 1.29 is 4.79 Å². The second kappa shape index (κ2) is 6.68. The Morgan fingerprint density at radius 1 is 1.38 bits per heavy atom. The summed E-state index contributed by atoms with van der Waals surface area (Å²) in [7, 11) is 0. The first-order valence-electron chi connectivity index (χ1n) is 6.95. The number of halogens is 1. The number of piperidine rings is 1. The van der Waals surface area contributed by atoms with E-state index in [9.17, 15) is 4.79 Å². The molecule has 21 heavy (non-hydrogen) atoms. The Morgan fingerprint density at radius 2 is 2.19 bits per heavy atom. The van der Waals surface area contributed by atoms with Crippen LogP contribution in [-0.2, 0) is 4.79 Å². The van der Waals surface area contributed by atoms with E-state index in [1.54, 1.807) is 0 Å². The van der Waals surface area contributed by atoms with E-state index in [-0.39, 0.29) is 11.8 Å². The van der Waals surface area contributed by atoms with Crippen LogP contribution in [0.4, 0.5) is 5.13 Å². The second-order valence-electron chi connectivity index (χ2n) is 5.08. The van der Waals surface area contributed by atoms with Crippen molar-refractivity contribution in [1.82, 2.24) is 10.3 Å². The molecule has 6 heteroatoms. The number of carbonyl (C=O) groups excluding carboxylic acids is 1. The lowest BCUT2D eigenvalue weighted by atomic mass is 9.99. The Balaban J connectivity index is 1.67. The first-order chi connectivity index (χ1) is 10.2. The summed E-state index contributed by atoms with van der Waals surface area (Å²) in [6.45, 7) is 1.77. The van der Waals surface area contributed by atoms with E-state index in [2.05, 4.69) is 31.5 Å². The molecule has 2 heterocycles. The van der Waals surface area contributed by atoms with Crippen molar-refractivity contribution >= 4 is 38.3 Å². The highest BCUT2D eigenvalue weighted by Gasteiger charge is 2.21. The smallest absolute Gasteiger partial charge is 0.230 e. The summed E-state index contributed by atoms with van der Waals surface area (Å²) in [6.07, 6.45) is 2.00. The van der Waals surface area contributed by atoms with Gasteiger partial charge in [0.05, 0.1) is 11.6 Å². The fourth-order valence-electron chi connectivity index (χ4n) is 2.37. The highest BCUT2D eigenvalue weighted by Crippen LogP contribution is 2.26. The molecule has 0 saturated carbocycles. The molecule has 1 fully saturated rings. The number of hydrogen-bond donors (Lipinski definition) is 2. The van der Waals surface area contributed by atoms with Crippen LogP contribution in [0.25, 0.3) is 11.3 Å². The molecule has 110 valence electrons. The van der Waals surface area contributed by atoms with E-state index in [1.807, 2.05) is 29.6 Å². The molecule has 0 aliphatic carbocycles. The number of nitrogens with one attached hydrogen (secondary N) is 2. The molecule has 2 aromatic rings. The molecule has 0 spiro atoms. The summed E-state index contributed by atoms with van der Waals surface area (Å²) in [5.41, 5.74) is 1.94. The zero-order chi connectivity index (χ0) is 14.7. The maximum Gasteiger partial charge on any atom is 0.230 e. The average Bonchev–Trinajstić information content (AvgIpc) is 2.97. The van der Waals surface area contributed by atoms with Gasteiger partial charge in [-0.1, -0.05) is 28.1 Å². The number of amides is 1. The lowest BCUT2D eigenvalue weighted by molar-refractivity contribution is -0.120. The van der Waals surface area contributed by atoms with Crippen LogP contribution in [0.5, 0.6) is 0 Å². The topological polar surface area (TPSA) is 54.0 Å². The predicted octanol–water partition coefficient (Wildman–Crippen LogP) is 3.51. The first-order valence-corrected chi connectivity index (χ1v) is 8.63. The van der Waals surface area contributed by atoms with Crippen LogP contribution in [0.1, 0.15) is 12.8 Å². The molecule has 1 atom stereocenters. The Morgan fingerprint density at radius 3 is 2.90 bits per heavy atom. The molecular weight excluding hydrogens is 350 g/mol. The first kappa shape index (κ1) is 14.7. The van der Waals surface area contributed by atoms with E-state index >= 15 is 0 Å². The number of benzene rings is 1. The largest absolute Gasteiger partial charge is 0.316 e. The molecule has 1 aromatic carbocycles. The highest BCUT2D eigenvalue weighted by atomic mass is 79.9. The Kier molecular flexibility index (Phi) is 4.67. The summed E-state index contributed by atoms with van der Waals surface area (Å²) < 4.78 is 1.04. The molecule has 1 aliphatic heterocycles. The fourth-order valence-corrected chi connectivity index (χ4v) is 3.35. The van der Waals surface area contributed by atoms with E-state index in [4.69, 9.17) is 0 Å². The van der Waals surface area contributed by atoms with Crippen molar-refractivity contribution in [2.75, 3.05) is 18.4 Å². The summed E-state index contributed by atoms with van der Waals surface area (Å²) in [5, 5.41) is 8.83. The van der Waals surface area contributed by atoms with Gasteiger partial charge in [0, 0.05) is 22.0 Å². The molecule has 1 unspecified atom stereocenters. The molecule has 1 saturated heterocycles. The van der Waals surface area contributed by atoms with Crippen molar-refractivity contribution in [3.63, 3.8) is 0 Å². The van der Waals surface area contributed by atoms with Crippen LogP contribution in [0, 0.1) is 5.92 Å². The number of carbonyl (C=O) groups is 1. The molecule has 3 rings (SSSR count). The normalized spacial score (nSPS) is 18.4. The molecule has 2 N–H and O–H groups in total. The molecule has 0 bridgehead atoms. The number of anilines is 1. The van der Waals surface area contributed by atoms with Crippen LogP contribution >= 0.6 is 27.3 Å². The van der Waals surface area contributed by atoms with Gasteiger partial charge in [0.25, 0.3) is 0 Å². The Bertz CT molecular complexity index is 620. The Hall–Kier alpha value is -1.24. The van der Waals surface area contributed by atoms with Crippen LogP contribution in [-0.4, -0.2) is 24.0 Å². The van der Waals surface area contributed by atoms with E-state index in [0.29, 0.717) is 5.13 Å². The zero-order valence-electron chi connectivity index (χ0n) is 11.4. The third kappa shape index (κ3) is 3.70. The van der Waals surface area contributed by atoms with Crippen LogP contribution in [0.2, 0.25) is 0 Å². The standard InChI is InChI=1S/C15H16BrN3OS/c16-12-5-3-10(4-6-12)13-9-21-15(18-13)19-14(20)11-2-1-7-17-8-11/h3-6,9,11,17H,1-2,7-8H2,(H,18,19,20). The van der Waals surface area contributed by atoms with Gasteiger partial charge in [-0.15, -0.1) is 11.3 Å². The SMILES string of the molecule is O=C(Nc1nc(-c2ccc(Br)cc2)cs1)C1CCCNC1. The second-order valence-corrected chi connectivity index (χ2v) is 6.85. The van der Waals surface area contributed by atoms with Gasteiger partial charge in [-0.2, -0.15) is 0 Å². The third-order valence-corrected chi connectivity index (χ3v) is 4.83. The van der Waals surface area contributed by atoms with Gasteiger partial charge >= 0.3 is 0 Å². The van der Waals surface area contributed by atoms with E-state index in [0.717, 1.165) is 41.7 Å². The number of nitrogens with zero attached hydrogens (tertiary/aromatic N) is 1. The third-order valence-electron chi connectivity index (χ3n) is 3.54. The van der Waals surface area contributed by atoms with E-state index in [1.165, 1.54) is 11.3 Å². The number of aromatic nitrogens is 1. The molecule has 4 nitrogen and oxygen atoms in total. The van der Waals surface area contributed by atoms with Crippen molar-refractivity contribution in [1.29, 1.82) is 0 Å². The molecule has 0 radical (unpaired) electrons. The number of rotatable bonds is 3. The quantitative estimate of drug-likeness (QED) is 0.874. The summed E-state index contributed by atoms with van der Waals surface area (Å²) in [6, 6.07) is 7.99. The summed E-state index contributed by atoms with van der Waals surface area (Å²) >= 11 is 4.88. The summed E-state index contributed by atoms with van der Waals surface area (Å²) in [4.78, 5) is 16.7. The lowest BCUT2D eigenvalue weighted by Crippen LogP contribution is -2.37. The van der Waals surface area contributed by atoms with Gasteiger partial charge in [-0.3, -0.25) is 4.79 Å². The van der Waals surface area contributed by atoms with Crippen LogP contribution in [0.3, 0.4) is 0 Å². The molecule has 1 amide bonds. The van der Waals surface area contributed by atoms with Crippen molar-refractivity contribution in [2.45, 2.75) is 12.8 Å². The minimum absolute atomic E-state index is 0.0544. The van der Waals surface area contributed by atoms with Gasteiger partial charge in [-0.05, 0) is 31.5 Å². The van der Waals surface area contributed by atoms with Gasteiger partial charge < -0.3 is 10.6 Å². The highest BCUT2D eigenvalue weighted by molar-refractivity contribution is 9.10. The average molecular weight is 366 g/mol. The lowest BCUT2D eigenvalue weighted by Gasteiger charge is -2.21. The molecule has 1 aliphatic rings. The molecular formula is C15H16BrN3OS. The number of thiazole rings is 1. The fraction of sp³-hybridized carbons (Fsp3) is 0.333. The Labute approximate surface area is 136 Å². The maximum absolute atomic E-state index is 12.2. The van der Waals surface area contributed by atoms with Gasteiger partial charge in [0.2, 0.25) is 5.91 Å².